The van der Waals surface area contributed by atoms with Gasteiger partial charge in [-0.05, 0) is 145 Å². The van der Waals surface area contributed by atoms with E-state index in [0.29, 0.717) is 80.7 Å². The minimum absolute atomic E-state index is 0. The summed E-state index contributed by atoms with van der Waals surface area (Å²) in [4.78, 5) is 57.9. The van der Waals surface area contributed by atoms with Gasteiger partial charge in [-0.25, -0.2) is 28.1 Å². The number of hydrogen-bond donors (Lipinski definition) is 5. The lowest BCUT2D eigenvalue weighted by atomic mass is 9.74. The number of aliphatic imine (C=N–C) groups is 3. The van der Waals surface area contributed by atoms with E-state index in [9.17, 15) is 27.6 Å². The fourth-order valence-electron chi connectivity index (χ4n) is 13.8. The van der Waals surface area contributed by atoms with Crippen LogP contribution in [-0.2, 0) is 45.2 Å². The van der Waals surface area contributed by atoms with Crippen molar-refractivity contribution < 1.29 is 66.0 Å². The van der Waals surface area contributed by atoms with E-state index in [1.165, 1.54) is 39.0 Å². The monoisotopic (exact) mass is 1430 g/mol. The van der Waals surface area contributed by atoms with Crippen LogP contribution in [0.15, 0.2) is 129 Å². The molecular weight excluding hydrogens is 1360 g/mol. The molecule has 500 valence electrons. The van der Waals surface area contributed by atoms with Gasteiger partial charge < -0.3 is 55.7 Å². The lowest BCUT2D eigenvalue weighted by Crippen LogP contribution is -2.55. The molecule has 3 saturated heterocycles. The second kappa shape index (κ2) is 26.5. The van der Waals surface area contributed by atoms with Gasteiger partial charge in [-0.15, -0.1) is 0 Å². The van der Waals surface area contributed by atoms with E-state index >= 15 is 0 Å². The summed E-state index contributed by atoms with van der Waals surface area (Å²) in [7, 11) is 3.30. The van der Waals surface area contributed by atoms with Crippen LogP contribution in [-0.4, -0.2) is 145 Å². The van der Waals surface area contributed by atoms with E-state index in [0.717, 1.165) is 83.5 Å². The number of nitrogens with zero attached hydrogens (tertiary/aromatic N) is 6. The number of benzene rings is 6. The molecule has 9 heterocycles. The van der Waals surface area contributed by atoms with Crippen LogP contribution >= 0.6 is 50.7 Å². The van der Waals surface area contributed by atoms with Gasteiger partial charge in [0.05, 0.1) is 34.9 Å². The zero-order chi connectivity index (χ0) is 66.9. The van der Waals surface area contributed by atoms with Crippen molar-refractivity contribution in [2.75, 3.05) is 60.8 Å². The van der Waals surface area contributed by atoms with E-state index in [1.54, 1.807) is 45.4 Å². The minimum atomic E-state index is -1.60. The summed E-state index contributed by atoms with van der Waals surface area (Å²) in [6.45, 7) is 3.34. The first-order chi connectivity index (χ1) is 44.7. The highest BCUT2D eigenvalue weighted by Crippen LogP contribution is 2.55. The maximum Gasteiger partial charge on any atom is 0.488 e. The van der Waals surface area contributed by atoms with Crippen LogP contribution in [0.2, 0.25) is 15.1 Å². The van der Waals surface area contributed by atoms with Gasteiger partial charge in [0.25, 0.3) is 17.7 Å². The molecule has 3 amide bonds. The normalized spacial score (nSPS) is 26.7. The third-order valence-corrected chi connectivity index (χ3v) is 19.8. The van der Waals surface area contributed by atoms with Crippen molar-refractivity contribution in [3.05, 3.63) is 163 Å². The summed E-state index contributed by atoms with van der Waals surface area (Å²) in [5.41, 5.74) is 18.2. The number of carbonyl (C=O) groups excluding carboxylic acids is 3. The molecular formula is C67H69BBrCl3F3N9O11. The highest BCUT2D eigenvalue weighted by atomic mass is 79.9. The number of fused-ring (bicyclic) bond motifs is 6. The molecule has 9 aliphatic rings. The molecule has 8 N–H and O–H groups in total. The maximum absolute atomic E-state index is 13.6. The predicted molar refractivity (Wildman–Crippen MR) is 358 cm³/mol. The third-order valence-electron chi connectivity index (χ3n) is 18.5. The molecule has 0 aliphatic carbocycles. The predicted octanol–water partition coefficient (Wildman–Crippen LogP) is 9.48. The quantitative estimate of drug-likeness (QED) is 0.103. The SMILES string of the molecule is C.CN1C(=O)C2(CC3(CCCOC3)Oc3ccc(Br)cc32)N=C1N.CN1C(=O)[C@@]2(C[C@@]3(CCCOC3)Oc3ccc(-c4ccc(F)c(Cl)c4)cc32)N=C1N.CN1C(=O)[C@@]2(C[C@]3(CCCOC3)Oc3ccc(-c4ccc(F)c(Cl)c4)cc32)N=C1N.OB(O)c1ccc(F)c(Cl)c1. The smallest absolute Gasteiger partial charge is 0.484 e. The molecule has 6 aromatic carbocycles. The van der Waals surface area contributed by atoms with Crippen LogP contribution < -0.4 is 36.9 Å². The van der Waals surface area contributed by atoms with E-state index in [1.807, 2.05) is 54.6 Å². The Bertz CT molecular complexity index is 3970. The number of amides is 3. The largest absolute Gasteiger partial charge is 0.488 e. The average Bonchev–Trinajstić information content (AvgIpc) is 1.68. The van der Waals surface area contributed by atoms with Crippen LogP contribution in [0.4, 0.5) is 13.2 Å². The number of hydrogen-bond acceptors (Lipinski definition) is 17. The number of ether oxygens (including phenoxy) is 6. The van der Waals surface area contributed by atoms with Gasteiger partial charge in [-0.1, -0.05) is 88.5 Å². The highest BCUT2D eigenvalue weighted by molar-refractivity contribution is 9.10. The molecule has 28 heteroatoms. The molecule has 6 atom stereocenters. The standard InChI is InChI=1S/2C22H21ClFN3O3.C16H18BrN3O3.C6H5BClFO2.CH4/c2*1-27-19(28)22(26-20(27)25)11-21(7-2-8-29-12-21)30-18-6-4-13(9-15(18)22)14-3-5-17(24)16(23)10-14;1-20-13(21)16(19-14(20)18)8-15(5-2-6-22-9-15)23-12-4-3-10(17)7-11(12)16;8-5-3-4(7(10)11)1-2-6(5)9;/h2*3-6,9-10H,2,7-8,11-12H2,1H3,(H2,25,26);3-4,7H,2,5-6,8-9H2,1H3,(H2,18,19);1-3,10-11H;1H4/t21-,22+;21-,22-;;;/m10.../s1. The molecule has 6 aromatic rings. The average molecular weight is 1430 g/mol. The zero-order valence-electron chi connectivity index (χ0n) is 51.2. The number of carbonyl (C=O) groups is 3. The van der Waals surface area contributed by atoms with E-state index < -0.39 is 58.0 Å². The van der Waals surface area contributed by atoms with Crippen LogP contribution in [0.3, 0.4) is 0 Å². The number of halogens is 7. The molecule has 0 aromatic heterocycles. The fraction of sp³-hybridized carbons (Fsp3) is 0.373. The number of likely N-dealkylation sites (N-methyl/N-ethyl adjacent to an activating group) is 3. The Labute approximate surface area is 570 Å². The van der Waals surface area contributed by atoms with Crippen molar-refractivity contribution in [3.63, 3.8) is 0 Å². The molecule has 0 radical (unpaired) electrons. The Balaban J connectivity index is 0.000000135. The summed E-state index contributed by atoms with van der Waals surface area (Å²) < 4.78 is 76.8. The van der Waals surface area contributed by atoms with Gasteiger partial charge in [-0.2, -0.15) is 0 Å². The molecule has 0 saturated carbocycles. The van der Waals surface area contributed by atoms with Crippen LogP contribution in [0.1, 0.15) is 81.9 Å². The Morgan fingerprint density at radius 3 is 1.11 bits per heavy atom. The first-order valence-corrected chi connectivity index (χ1v) is 32.2. The summed E-state index contributed by atoms with van der Waals surface area (Å²) in [5.74, 6) is 0.425. The van der Waals surface area contributed by atoms with Crippen molar-refractivity contribution in [1.29, 1.82) is 0 Å². The lowest BCUT2D eigenvalue weighted by Gasteiger charge is -2.46. The van der Waals surface area contributed by atoms with Crippen molar-refractivity contribution in [1.82, 2.24) is 14.7 Å². The van der Waals surface area contributed by atoms with Gasteiger partial charge in [0.2, 0.25) is 0 Å². The topological polar surface area (TPSA) is 272 Å². The van der Waals surface area contributed by atoms with E-state index in [-0.39, 0.29) is 63.6 Å². The minimum Gasteiger partial charge on any atom is -0.484 e. The van der Waals surface area contributed by atoms with Crippen LogP contribution in [0.25, 0.3) is 22.3 Å². The molecule has 9 aliphatic heterocycles. The first kappa shape index (κ1) is 68.9. The number of nitrogens with two attached hydrogens (primary N) is 3. The zero-order valence-corrected chi connectivity index (χ0v) is 55.1. The van der Waals surface area contributed by atoms with E-state index in [2.05, 4.69) is 30.9 Å². The van der Waals surface area contributed by atoms with Gasteiger partial charge >= 0.3 is 7.12 Å². The summed E-state index contributed by atoms with van der Waals surface area (Å²) in [5, 5.41) is 17.2. The van der Waals surface area contributed by atoms with Gasteiger partial charge in [0, 0.05) is 81.4 Å². The number of guanidine groups is 3. The molecule has 2 unspecified atom stereocenters. The highest BCUT2D eigenvalue weighted by Gasteiger charge is 2.61. The fourth-order valence-corrected chi connectivity index (χ4v) is 14.7. The van der Waals surface area contributed by atoms with Crippen LogP contribution in [0, 0.1) is 17.5 Å². The van der Waals surface area contributed by atoms with Crippen LogP contribution in [0.5, 0.6) is 17.2 Å². The van der Waals surface area contributed by atoms with Gasteiger partial charge in [-0.3, -0.25) is 29.1 Å². The van der Waals surface area contributed by atoms with Crippen molar-refractivity contribution in [2.24, 2.45) is 32.2 Å². The molecule has 3 fully saturated rings. The van der Waals surface area contributed by atoms with Crippen molar-refractivity contribution >= 4 is 98.9 Å². The Hall–Kier alpha value is -7.46. The second-order valence-electron chi connectivity index (χ2n) is 24.8. The maximum atomic E-state index is 13.6. The molecule has 15 rings (SSSR count). The van der Waals surface area contributed by atoms with Crippen molar-refractivity contribution in [2.45, 2.75) is 98.6 Å². The van der Waals surface area contributed by atoms with Gasteiger partial charge in [0.15, 0.2) is 34.5 Å². The lowest BCUT2D eigenvalue weighted by molar-refractivity contribution is -0.139. The molecule has 6 spiro atoms. The summed E-state index contributed by atoms with van der Waals surface area (Å²) in [6.07, 6.45) is 6.15. The second-order valence-corrected chi connectivity index (χ2v) is 26.9. The Morgan fingerprint density at radius 2 is 0.800 bits per heavy atom. The molecule has 0 bridgehead atoms. The first-order valence-electron chi connectivity index (χ1n) is 30.3. The summed E-state index contributed by atoms with van der Waals surface area (Å²) in [6, 6.07) is 29.4. The van der Waals surface area contributed by atoms with Crippen molar-refractivity contribution in [3.8, 4) is 39.5 Å². The number of rotatable bonds is 3. The third kappa shape index (κ3) is 12.7. The molecule has 95 heavy (non-hydrogen) atoms. The van der Waals surface area contributed by atoms with E-state index in [4.69, 9.17) is 90.5 Å². The Morgan fingerprint density at radius 1 is 0.484 bits per heavy atom. The Kier molecular flexibility index (Phi) is 19.2. The molecule has 20 nitrogen and oxygen atoms in total. The van der Waals surface area contributed by atoms with Gasteiger partial charge in [0.1, 0.15) is 51.5 Å². The summed E-state index contributed by atoms with van der Waals surface area (Å²) >= 11 is 20.8.